The SMILES string of the molecule is O=C(N/N=C/c1cc(F)ccc1O)c1ccc(F)cc1. The van der Waals surface area contributed by atoms with Crippen LogP contribution in [0.5, 0.6) is 5.75 Å². The molecule has 0 atom stereocenters. The van der Waals surface area contributed by atoms with E-state index in [-0.39, 0.29) is 16.9 Å². The predicted octanol–water partition coefficient (Wildman–Crippen LogP) is 2.43. The van der Waals surface area contributed by atoms with Crippen molar-refractivity contribution in [3.63, 3.8) is 0 Å². The number of phenolic OH excluding ortho intramolecular Hbond substituents is 1. The van der Waals surface area contributed by atoms with Crippen molar-refractivity contribution in [3.05, 3.63) is 65.2 Å². The molecule has 0 radical (unpaired) electrons. The number of nitrogens with one attached hydrogen (secondary N) is 1. The Morgan fingerprint density at radius 3 is 2.45 bits per heavy atom. The van der Waals surface area contributed by atoms with Crippen LogP contribution >= 0.6 is 0 Å². The van der Waals surface area contributed by atoms with Crippen molar-refractivity contribution in [3.8, 4) is 5.75 Å². The Balaban J connectivity index is 2.04. The van der Waals surface area contributed by atoms with Crippen molar-refractivity contribution in [2.24, 2.45) is 5.10 Å². The molecular weight excluding hydrogens is 266 g/mol. The zero-order valence-corrected chi connectivity index (χ0v) is 10.2. The van der Waals surface area contributed by atoms with Crippen LogP contribution in [-0.4, -0.2) is 17.2 Å². The van der Waals surface area contributed by atoms with Crippen molar-refractivity contribution in [1.82, 2.24) is 5.43 Å². The van der Waals surface area contributed by atoms with Gasteiger partial charge in [-0.2, -0.15) is 5.10 Å². The van der Waals surface area contributed by atoms with E-state index in [0.29, 0.717) is 0 Å². The fourth-order valence-corrected chi connectivity index (χ4v) is 1.46. The average molecular weight is 276 g/mol. The predicted molar refractivity (Wildman–Crippen MR) is 69.5 cm³/mol. The van der Waals surface area contributed by atoms with E-state index in [9.17, 15) is 18.7 Å². The summed E-state index contributed by atoms with van der Waals surface area (Å²) in [6.45, 7) is 0. The van der Waals surface area contributed by atoms with E-state index in [1.165, 1.54) is 18.2 Å². The first kappa shape index (κ1) is 13.7. The summed E-state index contributed by atoms with van der Waals surface area (Å²) in [5, 5.41) is 13.0. The van der Waals surface area contributed by atoms with Crippen molar-refractivity contribution < 1.29 is 18.7 Å². The number of carbonyl (C=O) groups is 1. The van der Waals surface area contributed by atoms with E-state index in [1.54, 1.807) is 0 Å². The number of rotatable bonds is 3. The van der Waals surface area contributed by atoms with Gasteiger partial charge in [0.15, 0.2) is 0 Å². The molecule has 2 aromatic carbocycles. The molecule has 0 aliphatic heterocycles. The van der Waals surface area contributed by atoms with Crippen molar-refractivity contribution in [2.45, 2.75) is 0 Å². The summed E-state index contributed by atoms with van der Waals surface area (Å²) < 4.78 is 25.6. The molecule has 0 saturated heterocycles. The molecule has 0 saturated carbocycles. The fraction of sp³-hybridized carbons (Fsp3) is 0. The molecule has 102 valence electrons. The van der Waals surface area contributed by atoms with E-state index in [0.717, 1.165) is 30.5 Å². The lowest BCUT2D eigenvalue weighted by atomic mass is 10.2. The van der Waals surface area contributed by atoms with Crippen LogP contribution in [-0.2, 0) is 0 Å². The molecule has 20 heavy (non-hydrogen) atoms. The molecule has 0 aliphatic rings. The van der Waals surface area contributed by atoms with Crippen molar-refractivity contribution in [2.75, 3.05) is 0 Å². The Hall–Kier alpha value is -2.76. The second kappa shape index (κ2) is 5.92. The maximum atomic E-state index is 12.9. The number of aromatic hydroxyl groups is 1. The highest BCUT2D eigenvalue weighted by Crippen LogP contribution is 2.15. The summed E-state index contributed by atoms with van der Waals surface area (Å²) >= 11 is 0. The third-order valence-corrected chi connectivity index (χ3v) is 2.47. The van der Waals surface area contributed by atoms with Crippen molar-refractivity contribution >= 4 is 12.1 Å². The monoisotopic (exact) mass is 276 g/mol. The van der Waals surface area contributed by atoms with Gasteiger partial charge in [-0.3, -0.25) is 4.79 Å². The first-order valence-electron chi connectivity index (χ1n) is 5.64. The number of nitrogens with zero attached hydrogens (tertiary/aromatic N) is 1. The summed E-state index contributed by atoms with van der Waals surface area (Å²) in [5.74, 6) is -1.69. The van der Waals surface area contributed by atoms with Crippen molar-refractivity contribution in [1.29, 1.82) is 0 Å². The van der Waals surface area contributed by atoms with E-state index in [4.69, 9.17) is 0 Å². The Morgan fingerprint density at radius 2 is 1.75 bits per heavy atom. The summed E-state index contributed by atoms with van der Waals surface area (Å²) in [6, 6.07) is 8.26. The van der Waals surface area contributed by atoms with Gasteiger partial charge in [0.25, 0.3) is 5.91 Å². The summed E-state index contributed by atoms with van der Waals surface area (Å²) in [6.07, 6.45) is 1.11. The molecular formula is C14H10F2N2O2. The number of halogens is 2. The van der Waals surface area contributed by atoms with Crippen LogP contribution in [0.2, 0.25) is 0 Å². The zero-order chi connectivity index (χ0) is 14.5. The highest BCUT2D eigenvalue weighted by Gasteiger charge is 2.04. The van der Waals surface area contributed by atoms with Crippen LogP contribution in [0.3, 0.4) is 0 Å². The van der Waals surface area contributed by atoms with Gasteiger partial charge in [0.05, 0.1) is 6.21 Å². The molecule has 2 rings (SSSR count). The number of carbonyl (C=O) groups excluding carboxylic acids is 1. The standard InChI is InChI=1S/C14H10F2N2O2/c15-11-3-1-9(2-4-11)14(20)18-17-8-10-7-12(16)5-6-13(10)19/h1-8,19H,(H,18,20)/b17-8+. The zero-order valence-electron chi connectivity index (χ0n) is 10.2. The Labute approximate surface area is 113 Å². The molecule has 0 aliphatic carbocycles. The van der Waals surface area contributed by atoms with Crippen LogP contribution in [0.1, 0.15) is 15.9 Å². The Bertz CT molecular complexity index is 655. The van der Waals surface area contributed by atoms with Gasteiger partial charge in [0, 0.05) is 11.1 Å². The maximum Gasteiger partial charge on any atom is 0.271 e. The molecule has 0 unspecified atom stereocenters. The first-order valence-corrected chi connectivity index (χ1v) is 5.64. The lowest BCUT2D eigenvalue weighted by Gasteiger charge is -2.00. The van der Waals surface area contributed by atoms with Gasteiger partial charge in [-0.05, 0) is 42.5 Å². The van der Waals surface area contributed by atoms with Crippen LogP contribution in [0.25, 0.3) is 0 Å². The number of amides is 1. The lowest BCUT2D eigenvalue weighted by molar-refractivity contribution is 0.0955. The first-order chi connectivity index (χ1) is 9.56. The molecule has 2 aromatic rings. The highest BCUT2D eigenvalue weighted by molar-refractivity contribution is 5.95. The summed E-state index contributed by atoms with van der Waals surface area (Å²) in [7, 11) is 0. The highest BCUT2D eigenvalue weighted by atomic mass is 19.1. The lowest BCUT2D eigenvalue weighted by Crippen LogP contribution is -2.17. The minimum Gasteiger partial charge on any atom is -0.507 e. The number of hydrogen-bond acceptors (Lipinski definition) is 3. The third kappa shape index (κ3) is 3.38. The van der Waals surface area contributed by atoms with Gasteiger partial charge in [0.1, 0.15) is 17.4 Å². The maximum absolute atomic E-state index is 12.9. The second-order valence-corrected chi connectivity index (χ2v) is 3.91. The Morgan fingerprint density at radius 1 is 1.10 bits per heavy atom. The molecule has 0 heterocycles. The Kier molecular flexibility index (Phi) is 4.05. The fourth-order valence-electron chi connectivity index (χ4n) is 1.46. The number of benzene rings is 2. The number of phenols is 1. The topological polar surface area (TPSA) is 61.7 Å². The van der Waals surface area contributed by atoms with Crippen LogP contribution in [0.4, 0.5) is 8.78 Å². The summed E-state index contributed by atoms with van der Waals surface area (Å²) in [5.41, 5.74) is 2.55. The molecule has 6 heteroatoms. The second-order valence-electron chi connectivity index (χ2n) is 3.91. The number of hydrogen-bond donors (Lipinski definition) is 2. The van der Waals surface area contributed by atoms with E-state index in [1.807, 2.05) is 0 Å². The van der Waals surface area contributed by atoms with Crippen LogP contribution < -0.4 is 5.43 Å². The molecule has 4 nitrogen and oxygen atoms in total. The average Bonchev–Trinajstić information content (AvgIpc) is 2.43. The summed E-state index contributed by atoms with van der Waals surface area (Å²) in [4.78, 5) is 11.6. The number of hydrazone groups is 1. The minimum absolute atomic E-state index is 0.129. The third-order valence-electron chi connectivity index (χ3n) is 2.47. The van der Waals surface area contributed by atoms with Gasteiger partial charge in [0.2, 0.25) is 0 Å². The molecule has 0 bridgehead atoms. The molecule has 1 amide bonds. The van der Waals surface area contributed by atoms with E-state index < -0.39 is 17.5 Å². The normalized spacial score (nSPS) is 10.7. The smallest absolute Gasteiger partial charge is 0.271 e. The molecule has 2 N–H and O–H groups in total. The van der Waals surface area contributed by atoms with Crippen LogP contribution in [0.15, 0.2) is 47.6 Å². The quantitative estimate of drug-likeness (QED) is 0.668. The van der Waals surface area contributed by atoms with Gasteiger partial charge in [-0.1, -0.05) is 0 Å². The molecule has 0 aromatic heterocycles. The van der Waals surface area contributed by atoms with Gasteiger partial charge in [-0.25, -0.2) is 14.2 Å². The minimum atomic E-state index is -0.544. The van der Waals surface area contributed by atoms with Crippen LogP contribution in [0, 0.1) is 11.6 Å². The molecule has 0 fully saturated rings. The largest absolute Gasteiger partial charge is 0.507 e. The van der Waals surface area contributed by atoms with Gasteiger partial charge in [-0.15, -0.1) is 0 Å². The van der Waals surface area contributed by atoms with Gasteiger partial charge < -0.3 is 5.11 Å². The molecule has 0 spiro atoms. The van der Waals surface area contributed by atoms with E-state index in [2.05, 4.69) is 10.5 Å². The van der Waals surface area contributed by atoms with Gasteiger partial charge >= 0.3 is 0 Å². The van der Waals surface area contributed by atoms with E-state index >= 15 is 0 Å².